The van der Waals surface area contributed by atoms with Crippen molar-refractivity contribution in [3.8, 4) is 11.3 Å². The van der Waals surface area contributed by atoms with E-state index < -0.39 is 5.97 Å². The van der Waals surface area contributed by atoms with Gasteiger partial charge in [-0.15, -0.1) is 22.7 Å². The summed E-state index contributed by atoms with van der Waals surface area (Å²) in [5, 5.41) is 6.40. The first-order chi connectivity index (χ1) is 14.8. The summed E-state index contributed by atoms with van der Waals surface area (Å²) >= 11 is 3.23. The summed E-state index contributed by atoms with van der Waals surface area (Å²) in [6.45, 7) is 5.89. The van der Waals surface area contributed by atoms with E-state index in [-0.39, 0.29) is 23.8 Å². The Bertz CT molecular complexity index is 1260. The number of rotatable bonds is 6. The van der Waals surface area contributed by atoms with Gasteiger partial charge in [0.15, 0.2) is 6.61 Å². The van der Waals surface area contributed by atoms with E-state index in [2.05, 4.69) is 10.1 Å². The monoisotopic (exact) mass is 455 g/mol. The molecule has 0 saturated carbocycles. The van der Waals surface area contributed by atoms with E-state index >= 15 is 0 Å². The number of ether oxygens (including phenoxy) is 1. The van der Waals surface area contributed by atoms with Crippen molar-refractivity contribution in [1.82, 2.24) is 15.0 Å². The number of pyridine rings is 1. The third kappa shape index (κ3) is 4.38. The minimum Gasteiger partial charge on any atom is -0.452 e. The molecule has 9 heteroatoms. The van der Waals surface area contributed by atoms with E-state index in [0.717, 1.165) is 20.2 Å². The second-order valence-electron chi connectivity index (χ2n) is 7.24. The van der Waals surface area contributed by atoms with Crippen molar-refractivity contribution in [3.05, 3.63) is 55.5 Å². The van der Waals surface area contributed by atoms with Gasteiger partial charge in [0.2, 0.25) is 0 Å². The minimum atomic E-state index is -0.609. The van der Waals surface area contributed by atoms with Crippen molar-refractivity contribution < 1.29 is 18.8 Å². The number of hydrogen-bond donors (Lipinski definition) is 0. The largest absolute Gasteiger partial charge is 0.452 e. The Kier molecular flexibility index (Phi) is 5.88. The Labute approximate surface area is 187 Å². The van der Waals surface area contributed by atoms with Crippen LogP contribution in [-0.2, 0) is 16.1 Å². The Hall–Kier alpha value is -3.04. The van der Waals surface area contributed by atoms with Crippen molar-refractivity contribution in [2.45, 2.75) is 27.3 Å². The number of carbonyl (C=O) groups excluding carboxylic acids is 2. The highest BCUT2D eigenvalue weighted by atomic mass is 32.1. The molecular formula is C22H21N3O4S2. The van der Waals surface area contributed by atoms with Crippen LogP contribution in [0.2, 0.25) is 0 Å². The van der Waals surface area contributed by atoms with Crippen LogP contribution in [0.15, 0.2) is 34.2 Å². The molecule has 0 N–H and O–H groups in total. The molecule has 4 aromatic rings. The lowest BCUT2D eigenvalue weighted by atomic mass is 10.1. The van der Waals surface area contributed by atoms with Crippen LogP contribution in [0.5, 0.6) is 0 Å². The molecule has 1 amide bonds. The Morgan fingerprint density at radius 1 is 1.23 bits per heavy atom. The third-order valence-corrected chi connectivity index (χ3v) is 6.71. The maximum Gasteiger partial charge on any atom is 0.339 e. The molecule has 7 nitrogen and oxygen atoms in total. The number of hydrogen-bond acceptors (Lipinski definition) is 8. The second-order valence-corrected chi connectivity index (χ2v) is 9.73. The van der Waals surface area contributed by atoms with Gasteiger partial charge in [0.25, 0.3) is 11.6 Å². The summed E-state index contributed by atoms with van der Waals surface area (Å²) in [6, 6.07) is 7.60. The normalized spacial score (nSPS) is 11.1. The summed E-state index contributed by atoms with van der Waals surface area (Å²) in [5.74, 6) is -0.888. The highest BCUT2D eigenvalue weighted by Gasteiger charge is 2.22. The lowest BCUT2D eigenvalue weighted by molar-refractivity contribution is -0.133. The third-order valence-electron chi connectivity index (χ3n) is 4.88. The number of fused-ring (bicyclic) bond motifs is 1. The fourth-order valence-electron chi connectivity index (χ4n) is 3.32. The van der Waals surface area contributed by atoms with Gasteiger partial charge >= 0.3 is 5.97 Å². The summed E-state index contributed by atoms with van der Waals surface area (Å²) in [6.07, 6.45) is 0. The zero-order chi connectivity index (χ0) is 22.1. The van der Waals surface area contributed by atoms with Crippen LogP contribution in [0, 0.1) is 20.8 Å². The first kappa shape index (κ1) is 21.2. The quantitative estimate of drug-likeness (QED) is 0.390. The fraction of sp³-hybridized carbons (Fsp3) is 0.273. The Morgan fingerprint density at radius 3 is 2.71 bits per heavy atom. The van der Waals surface area contributed by atoms with E-state index in [4.69, 9.17) is 9.26 Å². The van der Waals surface area contributed by atoms with E-state index in [1.807, 2.05) is 37.4 Å². The lowest BCUT2D eigenvalue weighted by Gasteiger charge is -2.16. The van der Waals surface area contributed by atoms with Gasteiger partial charge < -0.3 is 14.2 Å². The van der Waals surface area contributed by atoms with Gasteiger partial charge in [-0.05, 0) is 44.4 Å². The van der Waals surface area contributed by atoms with Gasteiger partial charge in [-0.2, -0.15) is 0 Å². The van der Waals surface area contributed by atoms with E-state index in [1.54, 1.807) is 42.7 Å². The molecule has 0 atom stereocenters. The first-order valence-electron chi connectivity index (χ1n) is 9.61. The minimum absolute atomic E-state index is 0.270. The average Bonchev–Trinajstić information content (AvgIpc) is 3.46. The fourth-order valence-corrected chi connectivity index (χ4v) is 5.01. The zero-order valence-electron chi connectivity index (χ0n) is 17.6. The van der Waals surface area contributed by atoms with Crippen molar-refractivity contribution in [3.63, 3.8) is 0 Å². The lowest BCUT2D eigenvalue weighted by Crippen LogP contribution is -2.30. The second kappa shape index (κ2) is 8.60. The SMILES string of the molecule is Cc1cc(-c2cc(C(=O)OCC(=O)N(C)Cc3cccs3)c3c(C)noc3n2)c(C)s1. The molecule has 0 aliphatic heterocycles. The van der Waals surface area contributed by atoms with Crippen LogP contribution < -0.4 is 0 Å². The molecular weight excluding hydrogens is 434 g/mol. The summed E-state index contributed by atoms with van der Waals surface area (Å²) in [7, 11) is 1.68. The van der Waals surface area contributed by atoms with Gasteiger partial charge in [0, 0.05) is 27.2 Å². The standard InChI is InChI=1S/C22H21N3O4S2/c1-12-8-16(14(3)31-12)18-9-17(20-13(2)24-29-21(20)23-18)22(27)28-11-19(26)25(4)10-15-6-5-7-30-15/h5-9H,10-11H2,1-4H3. The van der Waals surface area contributed by atoms with Crippen molar-refractivity contribution in [1.29, 1.82) is 0 Å². The van der Waals surface area contributed by atoms with Crippen molar-refractivity contribution in [2.24, 2.45) is 0 Å². The molecule has 0 aromatic carbocycles. The predicted octanol–water partition coefficient (Wildman–Crippen LogP) is 4.75. The summed E-state index contributed by atoms with van der Waals surface area (Å²) in [5.41, 5.74) is 2.64. The number of aryl methyl sites for hydroxylation is 3. The van der Waals surface area contributed by atoms with Crippen LogP contribution >= 0.6 is 22.7 Å². The molecule has 0 saturated heterocycles. The molecule has 160 valence electrons. The van der Waals surface area contributed by atoms with Gasteiger partial charge in [0.1, 0.15) is 0 Å². The summed E-state index contributed by atoms with van der Waals surface area (Å²) < 4.78 is 10.7. The number of carbonyl (C=O) groups is 2. The number of thiophene rings is 2. The van der Waals surface area contributed by atoms with Crippen molar-refractivity contribution in [2.75, 3.05) is 13.7 Å². The molecule has 4 heterocycles. The Morgan fingerprint density at radius 2 is 2.03 bits per heavy atom. The molecule has 0 radical (unpaired) electrons. The molecule has 0 aliphatic carbocycles. The van der Waals surface area contributed by atoms with E-state index in [0.29, 0.717) is 23.3 Å². The molecule has 4 rings (SSSR count). The molecule has 0 fully saturated rings. The van der Waals surface area contributed by atoms with Crippen LogP contribution in [0.25, 0.3) is 22.4 Å². The molecule has 31 heavy (non-hydrogen) atoms. The van der Waals surface area contributed by atoms with Crippen LogP contribution in [0.3, 0.4) is 0 Å². The van der Waals surface area contributed by atoms with Crippen LogP contribution in [-0.4, -0.2) is 40.6 Å². The van der Waals surface area contributed by atoms with Gasteiger partial charge in [0.05, 0.1) is 28.9 Å². The molecule has 4 aromatic heterocycles. The predicted molar refractivity (Wildman–Crippen MR) is 120 cm³/mol. The van der Waals surface area contributed by atoms with Gasteiger partial charge in [-0.3, -0.25) is 4.79 Å². The van der Waals surface area contributed by atoms with Gasteiger partial charge in [-0.1, -0.05) is 11.2 Å². The highest BCUT2D eigenvalue weighted by molar-refractivity contribution is 7.12. The number of amides is 1. The smallest absolute Gasteiger partial charge is 0.339 e. The van der Waals surface area contributed by atoms with Gasteiger partial charge in [-0.25, -0.2) is 9.78 Å². The first-order valence-corrected chi connectivity index (χ1v) is 11.3. The molecule has 0 unspecified atom stereocenters. The van der Waals surface area contributed by atoms with E-state index in [9.17, 15) is 9.59 Å². The maximum atomic E-state index is 12.9. The maximum absolute atomic E-state index is 12.9. The Balaban J connectivity index is 1.57. The highest BCUT2D eigenvalue weighted by Crippen LogP contribution is 2.33. The number of nitrogens with zero attached hydrogens (tertiary/aromatic N) is 3. The van der Waals surface area contributed by atoms with E-state index in [1.165, 1.54) is 4.90 Å². The number of esters is 1. The topological polar surface area (TPSA) is 85.5 Å². The van der Waals surface area contributed by atoms with Crippen LogP contribution in [0.4, 0.5) is 0 Å². The van der Waals surface area contributed by atoms with Crippen LogP contribution in [0.1, 0.15) is 30.7 Å². The zero-order valence-corrected chi connectivity index (χ0v) is 19.2. The van der Waals surface area contributed by atoms with Crippen molar-refractivity contribution >= 4 is 45.6 Å². The molecule has 0 bridgehead atoms. The number of aromatic nitrogens is 2. The number of likely N-dealkylation sites (N-methyl/N-ethyl adjacent to an activating group) is 1. The average molecular weight is 456 g/mol. The molecule has 0 spiro atoms. The summed E-state index contributed by atoms with van der Waals surface area (Å²) in [4.78, 5) is 34.7. The molecule has 0 aliphatic rings.